The van der Waals surface area contributed by atoms with Crippen molar-refractivity contribution in [1.82, 2.24) is 9.55 Å². The van der Waals surface area contributed by atoms with Gasteiger partial charge in [-0.05, 0) is 4.92 Å². The smallest absolute Gasteiger partial charge is 0.342 e. The zero-order valence-electron chi connectivity index (χ0n) is 8.55. The molecule has 0 bridgehead atoms. The first kappa shape index (κ1) is 15.2. The largest absolute Gasteiger partial charge is 0.379 e. The van der Waals surface area contributed by atoms with Gasteiger partial charge in [-0.1, -0.05) is 22.6 Å². The average molecular weight is 357 g/mol. The number of alkyl halides is 1. The van der Waals surface area contributed by atoms with Gasteiger partial charge in [0.2, 0.25) is 0 Å². The number of thiol groups is 1. The van der Waals surface area contributed by atoms with Gasteiger partial charge in [-0.25, -0.2) is 9.55 Å². The van der Waals surface area contributed by atoms with E-state index in [4.69, 9.17) is 5.41 Å². The van der Waals surface area contributed by atoms with Crippen LogP contribution in [0.3, 0.4) is 0 Å². The number of nitrogens with one attached hydrogen (secondary N) is 1. The third-order valence-electron chi connectivity index (χ3n) is 1.53. The molecule has 0 unspecified atom stereocenters. The number of hydrogen-bond acceptors (Lipinski definition) is 4. The second-order valence-corrected chi connectivity index (χ2v) is 4.21. The lowest BCUT2D eigenvalue weighted by atomic mass is 10.6. The topological polar surface area (TPSA) is 111 Å². The predicted octanol–water partition coefficient (Wildman–Crippen LogP) is 1.34. The number of halogens is 1. The molecule has 0 radical (unpaired) electrons. The summed E-state index contributed by atoms with van der Waals surface area (Å²) in [5.74, 6) is 0.766. The lowest BCUT2D eigenvalue weighted by molar-refractivity contribution is -0.392. The van der Waals surface area contributed by atoms with Crippen LogP contribution in [0.1, 0.15) is 5.82 Å². The summed E-state index contributed by atoms with van der Waals surface area (Å²) in [7, 11) is 0. The fraction of sp³-hybridized carbons (Fsp3) is 0.429. The molecule has 1 heterocycles. The van der Waals surface area contributed by atoms with Crippen LogP contribution in [0.2, 0.25) is 0 Å². The summed E-state index contributed by atoms with van der Waals surface area (Å²) in [6.45, 7) is 2.40. The van der Waals surface area contributed by atoms with Crippen LogP contribution in [-0.2, 0) is 6.54 Å². The molecule has 0 aliphatic rings. The van der Waals surface area contributed by atoms with Crippen LogP contribution in [0.15, 0.2) is 6.20 Å². The number of rotatable bonds is 3. The van der Waals surface area contributed by atoms with Crippen molar-refractivity contribution in [2.24, 2.45) is 5.73 Å². The maximum absolute atomic E-state index is 10.5. The summed E-state index contributed by atoms with van der Waals surface area (Å²) in [6, 6.07) is 0. The van der Waals surface area contributed by atoms with Crippen molar-refractivity contribution in [1.29, 1.82) is 5.41 Å². The summed E-state index contributed by atoms with van der Waals surface area (Å²) in [6.07, 6.45) is 1.29. The van der Waals surface area contributed by atoms with Gasteiger partial charge in [0, 0.05) is 11.4 Å². The number of aryl methyl sites for hydroxylation is 1. The van der Waals surface area contributed by atoms with Gasteiger partial charge in [0.1, 0.15) is 17.9 Å². The number of hydrogen-bond donors (Lipinski definition) is 3. The predicted molar refractivity (Wildman–Crippen MR) is 73.4 cm³/mol. The Labute approximate surface area is 112 Å². The minimum atomic E-state index is -0.410. The monoisotopic (exact) mass is 357 g/mol. The van der Waals surface area contributed by atoms with Crippen LogP contribution in [0.4, 0.5) is 5.82 Å². The van der Waals surface area contributed by atoms with E-state index >= 15 is 0 Å². The molecule has 0 amide bonds. The van der Waals surface area contributed by atoms with Crippen LogP contribution in [-0.4, -0.2) is 24.1 Å². The van der Waals surface area contributed by atoms with Gasteiger partial charge in [-0.15, -0.1) is 12.6 Å². The van der Waals surface area contributed by atoms with Gasteiger partial charge in [0.25, 0.3) is 0 Å². The Morgan fingerprint density at radius 3 is 2.75 bits per heavy atom. The van der Waals surface area contributed by atoms with Crippen LogP contribution in [0.5, 0.6) is 0 Å². The molecule has 7 nitrogen and oxygen atoms in total. The highest BCUT2D eigenvalue weighted by Crippen LogP contribution is 2.13. The van der Waals surface area contributed by atoms with Crippen LogP contribution in [0.25, 0.3) is 0 Å². The van der Waals surface area contributed by atoms with E-state index in [1.807, 2.05) is 0 Å². The van der Waals surface area contributed by atoms with Crippen molar-refractivity contribution in [2.75, 3.05) is 4.43 Å². The van der Waals surface area contributed by atoms with Gasteiger partial charge >= 0.3 is 5.82 Å². The second kappa shape index (κ2) is 7.44. The van der Waals surface area contributed by atoms with E-state index in [9.17, 15) is 10.1 Å². The van der Waals surface area contributed by atoms with Crippen molar-refractivity contribution >= 4 is 46.2 Å². The molecule has 0 fully saturated rings. The van der Waals surface area contributed by atoms with Gasteiger partial charge < -0.3 is 15.8 Å². The Bertz CT molecular complexity index is 377. The molecule has 0 aliphatic heterocycles. The highest BCUT2D eigenvalue weighted by atomic mass is 127. The van der Waals surface area contributed by atoms with Crippen molar-refractivity contribution in [2.45, 2.75) is 13.5 Å². The molecule has 1 aromatic heterocycles. The van der Waals surface area contributed by atoms with Crippen LogP contribution < -0.4 is 5.73 Å². The quantitative estimate of drug-likeness (QED) is 0.144. The first-order chi connectivity index (χ1) is 7.40. The number of nitrogens with two attached hydrogens (primary N) is 1. The molecule has 3 N–H and O–H groups in total. The fourth-order valence-electron chi connectivity index (χ4n) is 0.963. The van der Waals surface area contributed by atoms with Gasteiger partial charge in [0.05, 0.1) is 0 Å². The summed E-state index contributed by atoms with van der Waals surface area (Å²) < 4.78 is 2.45. The zero-order valence-corrected chi connectivity index (χ0v) is 11.6. The third kappa shape index (κ3) is 5.30. The Hall–Kier alpha value is -0.840. The molecule has 16 heavy (non-hydrogen) atoms. The first-order valence-corrected chi connectivity index (χ1v) is 6.13. The molecule has 9 heteroatoms. The van der Waals surface area contributed by atoms with E-state index in [2.05, 4.69) is 45.9 Å². The van der Waals surface area contributed by atoms with E-state index in [0.29, 0.717) is 12.4 Å². The highest BCUT2D eigenvalue weighted by Gasteiger charge is 2.15. The number of imidazole rings is 1. The van der Waals surface area contributed by atoms with E-state index < -0.39 is 4.92 Å². The minimum Gasteiger partial charge on any atom is -0.379 e. The zero-order chi connectivity index (χ0) is 12.7. The molecule has 0 aliphatic carbocycles. The lowest BCUT2D eigenvalue weighted by Crippen LogP contribution is -2.05. The van der Waals surface area contributed by atoms with Crippen molar-refractivity contribution < 1.29 is 4.92 Å². The van der Waals surface area contributed by atoms with E-state index in [1.54, 1.807) is 11.5 Å². The molecular formula is C7H12IN5O2S. The fourth-order valence-corrected chi connectivity index (χ4v) is 1.45. The van der Waals surface area contributed by atoms with Gasteiger partial charge in [-0.3, -0.25) is 5.41 Å². The summed E-state index contributed by atoms with van der Waals surface area (Å²) in [4.78, 5) is 13.9. The number of aromatic nitrogens is 2. The summed E-state index contributed by atoms with van der Waals surface area (Å²) in [5.41, 5.74) is 4.56. The molecule has 0 saturated carbocycles. The molecule has 0 spiro atoms. The molecule has 0 atom stereocenters. The minimum absolute atomic E-state index is 0.0733. The normalized spacial score (nSPS) is 9.19. The molecule has 1 aromatic rings. The number of nitro groups is 1. The average Bonchev–Trinajstić information content (AvgIpc) is 2.48. The Morgan fingerprint density at radius 2 is 2.38 bits per heavy atom. The maximum Gasteiger partial charge on any atom is 0.342 e. The molecule has 0 saturated heterocycles. The Kier molecular flexibility index (Phi) is 7.05. The van der Waals surface area contributed by atoms with E-state index in [1.165, 1.54) is 6.20 Å². The molecule has 90 valence electrons. The number of amidine groups is 1. The van der Waals surface area contributed by atoms with Crippen molar-refractivity contribution in [3.8, 4) is 0 Å². The van der Waals surface area contributed by atoms with E-state index in [0.717, 1.165) is 4.43 Å². The highest BCUT2D eigenvalue weighted by molar-refractivity contribution is 14.1. The number of nitrogens with zero attached hydrogens (tertiary/aromatic N) is 3. The summed E-state index contributed by atoms with van der Waals surface area (Å²) in [5, 5.41) is 16.5. The van der Waals surface area contributed by atoms with Crippen LogP contribution in [0, 0.1) is 22.4 Å². The summed E-state index contributed by atoms with van der Waals surface area (Å²) >= 11 is 5.50. The standard InChI is InChI=1S/C6H8IN3O2.CH4N2S/c1-5-8-4-6(10(11)12)9(5)3-2-7;2-1(3)4/h4H,2-3H2,1H3;(H4,2,3,4). The van der Waals surface area contributed by atoms with Crippen molar-refractivity contribution in [3.05, 3.63) is 22.1 Å². The first-order valence-electron chi connectivity index (χ1n) is 4.15. The lowest BCUT2D eigenvalue weighted by Gasteiger charge is -1.98. The molecule has 1 rings (SSSR count). The maximum atomic E-state index is 10.5. The van der Waals surface area contributed by atoms with Gasteiger partial charge in [-0.2, -0.15) is 0 Å². The molecule has 0 aromatic carbocycles. The SMILES string of the molecule is Cc1ncc([N+](=O)[O-])n1CCI.N=C(N)S. The van der Waals surface area contributed by atoms with Crippen LogP contribution >= 0.6 is 35.2 Å². The Morgan fingerprint density at radius 1 is 1.88 bits per heavy atom. The Balaban J connectivity index is 0.000000487. The second-order valence-electron chi connectivity index (χ2n) is 2.65. The van der Waals surface area contributed by atoms with E-state index in [-0.39, 0.29) is 11.0 Å². The van der Waals surface area contributed by atoms with Gasteiger partial charge in [0.15, 0.2) is 5.82 Å². The van der Waals surface area contributed by atoms with Crippen molar-refractivity contribution in [3.63, 3.8) is 0 Å². The third-order valence-corrected chi connectivity index (χ3v) is 2.01. The molecular weight excluding hydrogens is 345 g/mol.